The molecule has 1 aliphatic heterocycles. The first-order chi connectivity index (χ1) is 12.6. The van der Waals surface area contributed by atoms with Crippen molar-refractivity contribution in [1.29, 1.82) is 0 Å². The molecule has 0 fully saturated rings. The maximum atomic E-state index is 12.0. The van der Waals surface area contributed by atoms with Crippen molar-refractivity contribution in [2.24, 2.45) is 0 Å². The maximum absolute atomic E-state index is 12.0. The van der Waals surface area contributed by atoms with E-state index in [1.807, 2.05) is 0 Å². The number of benzene rings is 2. The van der Waals surface area contributed by atoms with Gasteiger partial charge >= 0.3 is 5.97 Å². The van der Waals surface area contributed by atoms with Crippen molar-refractivity contribution in [1.82, 2.24) is 0 Å². The molecule has 1 heterocycles. The van der Waals surface area contributed by atoms with Crippen molar-refractivity contribution in [3.05, 3.63) is 48.0 Å². The molecule has 3 rings (SSSR count). The summed E-state index contributed by atoms with van der Waals surface area (Å²) in [5.74, 6) is 0.950. The van der Waals surface area contributed by atoms with Crippen LogP contribution in [0.1, 0.15) is 5.56 Å². The van der Waals surface area contributed by atoms with Crippen LogP contribution in [-0.4, -0.2) is 38.8 Å². The highest BCUT2D eigenvalue weighted by Crippen LogP contribution is 2.32. The molecule has 0 radical (unpaired) electrons. The Bertz CT molecular complexity index is 804. The third kappa shape index (κ3) is 4.66. The minimum atomic E-state index is -0.490. The van der Waals surface area contributed by atoms with Gasteiger partial charge in [-0.3, -0.25) is 9.59 Å². The number of carbonyl (C=O) groups is 2. The van der Waals surface area contributed by atoms with Crippen molar-refractivity contribution in [3.8, 4) is 17.2 Å². The summed E-state index contributed by atoms with van der Waals surface area (Å²) in [4.78, 5) is 23.8. The maximum Gasteiger partial charge on any atom is 0.310 e. The highest BCUT2D eigenvalue weighted by molar-refractivity contribution is 5.93. The molecular weight excluding hydrogens is 338 g/mol. The molecule has 0 saturated heterocycles. The number of hydrogen-bond donors (Lipinski definition) is 1. The van der Waals surface area contributed by atoms with Crippen LogP contribution in [0.5, 0.6) is 17.2 Å². The summed E-state index contributed by atoms with van der Waals surface area (Å²) in [6.07, 6.45) is 0.0640. The van der Waals surface area contributed by atoms with Crippen LogP contribution in [0.4, 0.5) is 5.69 Å². The van der Waals surface area contributed by atoms with Gasteiger partial charge in [-0.2, -0.15) is 0 Å². The number of esters is 1. The van der Waals surface area contributed by atoms with Crippen LogP contribution < -0.4 is 19.5 Å². The Hall–Kier alpha value is -3.22. The third-order valence-corrected chi connectivity index (χ3v) is 3.67. The molecule has 0 unspecified atom stereocenters. The number of rotatable bonds is 6. The van der Waals surface area contributed by atoms with E-state index in [9.17, 15) is 9.59 Å². The molecule has 0 aliphatic carbocycles. The molecule has 1 amide bonds. The van der Waals surface area contributed by atoms with Crippen LogP contribution in [0.15, 0.2) is 42.5 Å². The Kier molecular flexibility index (Phi) is 5.58. The van der Waals surface area contributed by atoms with Crippen LogP contribution in [0.2, 0.25) is 0 Å². The van der Waals surface area contributed by atoms with Gasteiger partial charge in [-0.15, -0.1) is 0 Å². The van der Waals surface area contributed by atoms with Gasteiger partial charge in [0.25, 0.3) is 5.91 Å². The zero-order valence-electron chi connectivity index (χ0n) is 14.3. The fourth-order valence-corrected chi connectivity index (χ4v) is 2.46. The minimum Gasteiger partial charge on any atom is -0.497 e. The summed E-state index contributed by atoms with van der Waals surface area (Å²) < 4.78 is 21.0. The van der Waals surface area contributed by atoms with E-state index < -0.39 is 11.9 Å². The number of methoxy groups -OCH3 is 1. The Morgan fingerprint density at radius 3 is 2.69 bits per heavy atom. The van der Waals surface area contributed by atoms with Gasteiger partial charge in [0.2, 0.25) is 0 Å². The number of nitrogens with one attached hydrogen (secondary N) is 1. The van der Waals surface area contributed by atoms with Gasteiger partial charge in [0.05, 0.1) is 13.5 Å². The molecule has 1 aliphatic rings. The fraction of sp³-hybridized carbons (Fsp3) is 0.263. The lowest BCUT2D eigenvalue weighted by molar-refractivity contribution is -0.146. The van der Waals surface area contributed by atoms with E-state index in [4.69, 9.17) is 18.9 Å². The molecule has 136 valence electrons. The first-order valence-electron chi connectivity index (χ1n) is 8.12. The molecule has 0 saturated carbocycles. The van der Waals surface area contributed by atoms with Crippen LogP contribution in [0, 0.1) is 0 Å². The van der Waals surface area contributed by atoms with Crippen molar-refractivity contribution >= 4 is 17.6 Å². The zero-order chi connectivity index (χ0) is 18.4. The fourth-order valence-electron chi connectivity index (χ4n) is 2.46. The second-order valence-electron chi connectivity index (χ2n) is 5.60. The van der Waals surface area contributed by atoms with Crippen LogP contribution in [-0.2, 0) is 20.7 Å². The van der Waals surface area contributed by atoms with Gasteiger partial charge in [-0.05, 0) is 29.8 Å². The van der Waals surface area contributed by atoms with Crippen molar-refractivity contribution in [2.75, 3.05) is 32.2 Å². The number of carbonyl (C=O) groups excluding carboxylic acids is 2. The number of anilines is 1. The number of amides is 1. The van der Waals surface area contributed by atoms with Crippen LogP contribution >= 0.6 is 0 Å². The highest BCUT2D eigenvalue weighted by Gasteiger charge is 2.14. The normalized spacial score (nSPS) is 12.2. The molecule has 2 aromatic carbocycles. The number of ether oxygens (including phenoxy) is 4. The lowest BCUT2D eigenvalue weighted by atomic mass is 10.1. The Morgan fingerprint density at radius 1 is 1.08 bits per heavy atom. The van der Waals surface area contributed by atoms with E-state index in [0.29, 0.717) is 36.1 Å². The summed E-state index contributed by atoms with van der Waals surface area (Å²) >= 11 is 0. The van der Waals surface area contributed by atoms with Gasteiger partial charge in [0.1, 0.15) is 19.0 Å². The Labute approximate surface area is 150 Å². The largest absolute Gasteiger partial charge is 0.497 e. The molecular formula is C19H19NO6. The third-order valence-electron chi connectivity index (χ3n) is 3.67. The van der Waals surface area contributed by atoms with Crippen molar-refractivity contribution < 1.29 is 28.5 Å². The topological polar surface area (TPSA) is 83.1 Å². The van der Waals surface area contributed by atoms with E-state index in [-0.39, 0.29) is 13.0 Å². The Morgan fingerprint density at radius 2 is 1.88 bits per heavy atom. The molecule has 0 aromatic heterocycles. The van der Waals surface area contributed by atoms with Gasteiger partial charge in [0, 0.05) is 11.8 Å². The lowest BCUT2D eigenvalue weighted by Gasteiger charge is -2.19. The van der Waals surface area contributed by atoms with E-state index in [0.717, 1.165) is 5.56 Å². The van der Waals surface area contributed by atoms with Crippen LogP contribution in [0.3, 0.4) is 0 Å². The summed E-state index contributed by atoms with van der Waals surface area (Å²) in [5.41, 5.74) is 1.30. The second-order valence-corrected chi connectivity index (χ2v) is 5.60. The highest BCUT2D eigenvalue weighted by atomic mass is 16.6. The van der Waals surface area contributed by atoms with Crippen LogP contribution in [0.25, 0.3) is 0 Å². The monoisotopic (exact) mass is 357 g/mol. The van der Waals surface area contributed by atoms with E-state index in [1.165, 1.54) is 0 Å². The van der Waals surface area contributed by atoms with Crippen molar-refractivity contribution in [2.45, 2.75) is 6.42 Å². The first kappa shape index (κ1) is 17.6. The SMILES string of the molecule is COc1cccc(CC(=O)OCC(=O)Nc2ccc3c(c2)OCCO3)c1. The minimum absolute atomic E-state index is 0.0640. The molecule has 2 aromatic rings. The summed E-state index contributed by atoms with van der Waals surface area (Å²) in [6, 6.07) is 12.2. The first-order valence-corrected chi connectivity index (χ1v) is 8.12. The smallest absolute Gasteiger partial charge is 0.310 e. The van der Waals surface area contributed by atoms with Gasteiger partial charge in [-0.1, -0.05) is 12.1 Å². The Balaban J connectivity index is 1.48. The van der Waals surface area contributed by atoms with Gasteiger partial charge in [0.15, 0.2) is 18.1 Å². The second kappa shape index (κ2) is 8.24. The predicted molar refractivity (Wildman–Crippen MR) is 93.7 cm³/mol. The molecule has 26 heavy (non-hydrogen) atoms. The predicted octanol–water partition coefficient (Wildman–Crippen LogP) is 2.19. The van der Waals surface area contributed by atoms with Crippen molar-refractivity contribution in [3.63, 3.8) is 0 Å². The lowest BCUT2D eigenvalue weighted by Crippen LogP contribution is -2.22. The summed E-state index contributed by atoms with van der Waals surface area (Å²) in [6.45, 7) is 0.603. The summed E-state index contributed by atoms with van der Waals surface area (Å²) in [7, 11) is 1.56. The molecule has 1 N–H and O–H groups in total. The average molecular weight is 357 g/mol. The van der Waals surface area contributed by atoms with E-state index >= 15 is 0 Å². The molecule has 7 heteroatoms. The standard InChI is InChI=1S/C19H19NO6/c1-23-15-4-2-3-13(9-15)10-19(22)26-12-18(21)20-14-5-6-16-17(11-14)25-8-7-24-16/h2-6,9,11H,7-8,10,12H2,1H3,(H,20,21). The summed E-state index contributed by atoms with van der Waals surface area (Å²) in [5, 5.41) is 2.66. The molecule has 0 bridgehead atoms. The zero-order valence-corrected chi connectivity index (χ0v) is 14.3. The van der Waals surface area contributed by atoms with Gasteiger partial charge < -0.3 is 24.3 Å². The average Bonchev–Trinajstić information content (AvgIpc) is 2.66. The van der Waals surface area contributed by atoms with E-state index in [2.05, 4.69) is 5.32 Å². The molecule has 0 atom stereocenters. The van der Waals surface area contributed by atoms with Gasteiger partial charge in [-0.25, -0.2) is 0 Å². The number of hydrogen-bond acceptors (Lipinski definition) is 6. The molecule has 7 nitrogen and oxygen atoms in total. The van der Waals surface area contributed by atoms with E-state index in [1.54, 1.807) is 49.6 Å². The molecule has 0 spiro atoms. The quantitative estimate of drug-likeness (QED) is 0.798. The number of fused-ring (bicyclic) bond motifs is 1.